The molecule has 0 aromatic heterocycles. The monoisotopic (exact) mass is 666 g/mol. The molecule has 0 aliphatic heterocycles. The van der Waals surface area contributed by atoms with Crippen molar-refractivity contribution in [2.75, 3.05) is 9.80 Å². The zero-order valence-corrected chi connectivity index (χ0v) is 28.9. The van der Waals surface area contributed by atoms with E-state index in [0.717, 1.165) is 41.3 Å². The first-order valence-electron chi connectivity index (χ1n) is 18.1. The number of anilines is 5. The van der Waals surface area contributed by atoms with Crippen LogP contribution in [0.4, 0.5) is 28.4 Å². The van der Waals surface area contributed by atoms with Crippen LogP contribution in [0.5, 0.6) is 0 Å². The molecule has 9 rings (SSSR count). The average molecular weight is 667 g/mol. The summed E-state index contributed by atoms with van der Waals surface area (Å²) in [5.41, 5.74) is 11.7. The van der Waals surface area contributed by atoms with E-state index in [1.165, 1.54) is 49.5 Å². The number of benzene rings is 8. The van der Waals surface area contributed by atoms with Gasteiger partial charge in [0.1, 0.15) is 0 Å². The van der Waals surface area contributed by atoms with Crippen LogP contribution in [0.3, 0.4) is 0 Å². The van der Waals surface area contributed by atoms with E-state index in [1.807, 2.05) is 0 Å². The molecule has 2 nitrogen and oxygen atoms in total. The van der Waals surface area contributed by atoms with Crippen LogP contribution in [0, 0.1) is 0 Å². The molecule has 1 aliphatic carbocycles. The van der Waals surface area contributed by atoms with Crippen LogP contribution in [0.2, 0.25) is 0 Å². The van der Waals surface area contributed by atoms with Gasteiger partial charge >= 0.3 is 0 Å². The topological polar surface area (TPSA) is 6.48 Å². The Morgan fingerprint density at radius 3 is 1.15 bits per heavy atom. The molecule has 0 fully saturated rings. The molecule has 0 radical (unpaired) electrons. The molecule has 0 amide bonds. The second-order valence-electron chi connectivity index (χ2n) is 13.2. The highest BCUT2D eigenvalue weighted by molar-refractivity contribution is 6.22. The molecule has 0 saturated carbocycles. The van der Waals surface area contributed by atoms with Crippen LogP contribution in [0.25, 0.3) is 43.8 Å². The van der Waals surface area contributed by atoms with Gasteiger partial charge in [-0.2, -0.15) is 0 Å². The summed E-state index contributed by atoms with van der Waals surface area (Å²) in [5, 5.41) is 4.90. The first kappa shape index (κ1) is 31.3. The van der Waals surface area contributed by atoms with E-state index in [2.05, 4.69) is 216 Å². The Morgan fingerprint density at radius 1 is 0.327 bits per heavy atom. The van der Waals surface area contributed by atoms with E-state index in [9.17, 15) is 0 Å². The molecule has 1 aliphatic rings. The third kappa shape index (κ3) is 5.85. The van der Waals surface area contributed by atoms with Crippen LogP contribution in [-0.2, 0) is 0 Å². The highest BCUT2D eigenvalue weighted by atomic mass is 15.1. The zero-order chi connectivity index (χ0) is 34.7. The Bertz CT molecular complexity index is 2500. The van der Waals surface area contributed by atoms with Crippen molar-refractivity contribution >= 4 is 50.0 Å². The van der Waals surface area contributed by atoms with Crippen molar-refractivity contribution in [3.05, 3.63) is 212 Å². The van der Waals surface area contributed by atoms with Gasteiger partial charge in [0.05, 0.1) is 0 Å². The van der Waals surface area contributed by atoms with Crippen molar-refractivity contribution < 1.29 is 0 Å². The van der Waals surface area contributed by atoms with Crippen molar-refractivity contribution in [3.8, 4) is 22.3 Å². The number of para-hydroxylation sites is 3. The van der Waals surface area contributed by atoms with Crippen molar-refractivity contribution in [1.82, 2.24) is 0 Å². The Kier molecular flexibility index (Phi) is 8.40. The van der Waals surface area contributed by atoms with Gasteiger partial charge in [0.2, 0.25) is 0 Å². The molecule has 0 spiro atoms. The second-order valence-corrected chi connectivity index (χ2v) is 13.2. The van der Waals surface area contributed by atoms with Crippen molar-refractivity contribution in [2.45, 2.75) is 12.8 Å². The van der Waals surface area contributed by atoms with E-state index in [4.69, 9.17) is 0 Å². The van der Waals surface area contributed by atoms with Crippen LogP contribution >= 0.6 is 0 Å². The minimum absolute atomic E-state index is 1.03. The van der Waals surface area contributed by atoms with Crippen LogP contribution in [-0.4, -0.2) is 0 Å². The predicted octanol–water partition coefficient (Wildman–Crippen LogP) is 14.2. The van der Waals surface area contributed by atoms with Crippen molar-refractivity contribution in [3.63, 3.8) is 0 Å². The minimum atomic E-state index is 1.03. The van der Waals surface area contributed by atoms with Gasteiger partial charge in [-0.15, -0.1) is 0 Å². The lowest BCUT2D eigenvalue weighted by atomic mass is 9.85. The van der Waals surface area contributed by atoms with E-state index < -0.39 is 0 Å². The quantitative estimate of drug-likeness (QED) is 0.149. The molecule has 0 heterocycles. The molecule has 8 aromatic rings. The molecule has 8 aromatic carbocycles. The van der Waals surface area contributed by atoms with E-state index in [1.54, 1.807) is 0 Å². The number of rotatable bonds is 8. The molecule has 0 unspecified atom stereocenters. The summed E-state index contributed by atoms with van der Waals surface area (Å²) in [6.45, 7) is 0. The Morgan fingerprint density at radius 2 is 0.731 bits per heavy atom. The summed E-state index contributed by atoms with van der Waals surface area (Å²) in [5.74, 6) is 0. The fourth-order valence-corrected chi connectivity index (χ4v) is 7.71. The van der Waals surface area contributed by atoms with E-state index in [-0.39, 0.29) is 0 Å². The molecule has 0 N–H and O–H groups in total. The number of hydrogen-bond donors (Lipinski definition) is 0. The summed E-state index contributed by atoms with van der Waals surface area (Å²) >= 11 is 0. The largest absolute Gasteiger partial charge is 0.311 e. The fourth-order valence-electron chi connectivity index (χ4n) is 7.71. The Hall–Kier alpha value is -6.64. The normalized spacial score (nSPS) is 12.5. The molecular formula is C50H38N2. The van der Waals surface area contributed by atoms with Crippen molar-refractivity contribution in [1.29, 1.82) is 0 Å². The smallest absolute Gasteiger partial charge is 0.0468 e. The fraction of sp³-hybridized carbons (Fsp3) is 0.0400. The number of allylic oxidation sites excluding steroid dienone is 3. The van der Waals surface area contributed by atoms with Crippen molar-refractivity contribution in [2.24, 2.45) is 0 Å². The van der Waals surface area contributed by atoms with Gasteiger partial charge in [0.15, 0.2) is 0 Å². The third-order valence-corrected chi connectivity index (χ3v) is 10.0. The molecule has 0 bridgehead atoms. The van der Waals surface area contributed by atoms with Crippen LogP contribution < -0.4 is 9.80 Å². The maximum atomic E-state index is 2.41. The minimum Gasteiger partial charge on any atom is -0.311 e. The first-order chi connectivity index (χ1) is 25.8. The zero-order valence-electron chi connectivity index (χ0n) is 28.9. The van der Waals surface area contributed by atoms with E-state index in [0.29, 0.717) is 0 Å². The maximum Gasteiger partial charge on any atom is 0.0468 e. The summed E-state index contributed by atoms with van der Waals surface area (Å²) in [7, 11) is 0. The molecule has 0 saturated heterocycles. The summed E-state index contributed by atoms with van der Waals surface area (Å²) in [4.78, 5) is 4.75. The van der Waals surface area contributed by atoms with Gasteiger partial charge in [-0.05, 0) is 123 Å². The molecular weight excluding hydrogens is 629 g/mol. The molecule has 52 heavy (non-hydrogen) atoms. The van der Waals surface area contributed by atoms with Gasteiger partial charge in [0, 0.05) is 34.1 Å². The molecule has 2 heteroatoms. The van der Waals surface area contributed by atoms with Crippen LogP contribution in [0.1, 0.15) is 12.8 Å². The number of nitrogens with zero attached hydrogens (tertiary/aromatic N) is 2. The Labute approximate surface area is 305 Å². The average Bonchev–Trinajstić information content (AvgIpc) is 3.22. The number of fused-ring (bicyclic) bond motifs is 2. The lowest BCUT2D eigenvalue weighted by Gasteiger charge is -2.29. The highest BCUT2D eigenvalue weighted by Gasteiger charge is 2.22. The SMILES string of the molecule is C1=CC(N(c2ccccc2)c2ccc3c(-c4ccccc4)c4cc(N(c5ccccc5)c5ccccc5)ccc4c(-c4ccccc4)c3c2)=CCC1. The van der Waals surface area contributed by atoms with Gasteiger partial charge < -0.3 is 9.80 Å². The van der Waals surface area contributed by atoms with Gasteiger partial charge in [-0.1, -0.05) is 140 Å². The first-order valence-corrected chi connectivity index (χ1v) is 18.1. The lowest BCUT2D eigenvalue weighted by molar-refractivity contribution is 0.997. The maximum absolute atomic E-state index is 2.41. The Balaban J connectivity index is 1.36. The number of hydrogen-bond acceptors (Lipinski definition) is 2. The summed E-state index contributed by atoms with van der Waals surface area (Å²) < 4.78 is 0. The van der Waals surface area contributed by atoms with E-state index >= 15 is 0 Å². The van der Waals surface area contributed by atoms with Gasteiger partial charge in [0.25, 0.3) is 0 Å². The van der Waals surface area contributed by atoms with Crippen LogP contribution in [0.15, 0.2) is 212 Å². The standard InChI is InChI=1S/C50H38N2/c1-7-19-37(20-8-1)49-45-33-31-44(52(41-27-15-5-16-28-41)42-29-17-6-18-30-42)36-48(45)50(38-21-9-2-10-22-38)46-34-32-43(35-47(46)49)51(39-23-11-3-12-24-39)40-25-13-4-14-26-40/h1-5,7-17,19-36H,6,18H2. The molecule has 0 atom stereocenters. The second kappa shape index (κ2) is 13.9. The predicted molar refractivity (Wildman–Crippen MR) is 222 cm³/mol. The highest BCUT2D eigenvalue weighted by Crippen LogP contribution is 2.48. The summed E-state index contributed by atoms with van der Waals surface area (Å²) in [6, 6.07) is 67.9. The van der Waals surface area contributed by atoms with Gasteiger partial charge in [-0.3, -0.25) is 0 Å². The summed E-state index contributed by atoms with van der Waals surface area (Å²) in [6.07, 6.45) is 9.02. The molecule has 248 valence electrons. The lowest BCUT2D eigenvalue weighted by Crippen LogP contribution is -2.16. The van der Waals surface area contributed by atoms with Gasteiger partial charge in [-0.25, -0.2) is 0 Å². The third-order valence-electron chi connectivity index (χ3n) is 10.0.